The second-order valence-electron chi connectivity index (χ2n) is 5.77. The SMILES string of the molecule is COc1cccc(-c2csc(-n3nc(C(=O)O)c4cc([N+](=O)[O-])ccc43)n2)c1. The first kappa shape index (κ1) is 17.6. The number of fused-ring (bicyclic) bond motifs is 1. The van der Waals surface area contributed by atoms with E-state index in [1.807, 2.05) is 29.6 Å². The standard InChI is InChI=1S/C18H12N4O5S/c1-27-12-4-2-3-10(7-12)14-9-28-18(19-14)21-15-6-5-11(22(25)26)8-13(15)16(20-21)17(23)24/h2-9H,1H3,(H,23,24). The minimum Gasteiger partial charge on any atom is -0.497 e. The molecule has 0 spiro atoms. The number of rotatable bonds is 5. The van der Waals surface area contributed by atoms with Crippen LogP contribution in [0.3, 0.4) is 0 Å². The lowest BCUT2D eigenvalue weighted by molar-refractivity contribution is -0.384. The minimum atomic E-state index is -1.27. The van der Waals surface area contributed by atoms with Gasteiger partial charge in [0, 0.05) is 28.5 Å². The number of non-ortho nitro benzene ring substituents is 1. The van der Waals surface area contributed by atoms with Crippen LogP contribution in [0.5, 0.6) is 5.75 Å². The third kappa shape index (κ3) is 2.95. The number of nitrogens with zero attached hydrogens (tertiary/aromatic N) is 4. The monoisotopic (exact) mass is 396 g/mol. The van der Waals surface area contributed by atoms with Crippen LogP contribution in [0.1, 0.15) is 10.5 Å². The third-order valence-electron chi connectivity index (χ3n) is 4.12. The fourth-order valence-corrected chi connectivity index (χ4v) is 3.60. The molecule has 140 valence electrons. The van der Waals surface area contributed by atoms with E-state index in [1.165, 1.54) is 34.2 Å². The van der Waals surface area contributed by atoms with Crippen LogP contribution in [-0.2, 0) is 0 Å². The van der Waals surface area contributed by atoms with Crippen LogP contribution < -0.4 is 4.74 Å². The molecule has 0 aliphatic heterocycles. The molecule has 0 aliphatic carbocycles. The molecule has 9 nitrogen and oxygen atoms in total. The fraction of sp³-hybridized carbons (Fsp3) is 0.0556. The predicted molar refractivity (Wildman–Crippen MR) is 102 cm³/mol. The predicted octanol–water partition coefficient (Wildman–Crippen LogP) is 3.76. The fourth-order valence-electron chi connectivity index (χ4n) is 2.80. The molecular weight excluding hydrogens is 384 g/mol. The lowest BCUT2D eigenvalue weighted by Gasteiger charge is -2.01. The Morgan fingerprint density at radius 3 is 2.82 bits per heavy atom. The van der Waals surface area contributed by atoms with Gasteiger partial charge in [0.1, 0.15) is 5.75 Å². The van der Waals surface area contributed by atoms with Crippen LogP contribution >= 0.6 is 11.3 Å². The molecule has 0 saturated carbocycles. The molecule has 0 fully saturated rings. The van der Waals surface area contributed by atoms with Crippen molar-refractivity contribution in [3.05, 3.63) is 63.7 Å². The number of carbonyl (C=O) groups is 1. The summed E-state index contributed by atoms with van der Waals surface area (Å²) in [5.41, 5.74) is 1.48. The Morgan fingerprint density at radius 2 is 2.11 bits per heavy atom. The van der Waals surface area contributed by atoms with Gasteiger partial charge < -0.3 is 9.84 Å². The molecule has 4 rings (SSSR count). The molecule has 0 unspecified atom stereocenters. The number of benzene rings is 2. The van der Waals surface area contributed by atoms with Gasteiger partial charge in [0.25, 0.3) is 5.69 Å². The Morgan fingerprint density at radius 1 is 1.29 bits per heavy atom. The normalized spacial score (nSPS) is 10.9. The number of nitro groups is 1. The number of nitro benzene ring substituents is 1. The molecule has 2 aromatic carbocycles. The molecule has 1 N–H and O–H groups in total. The van der Waals surface area contributed by atoms with Gasteiger partial charge >= 0.3 is 5.97 Å². The average molecular weight is 396 g/mol. The summed E-state index contributed by atoms with van der Waals surface area (Å²) in [6, 6.07) is 11.4. The van der Waals surface area contributed by atoms with Gasteiger partial charge in [-0.1, -0.05) is 12.1 Å². The van der Waals surface area contributed by atoms with Crippen LogP contribution in [-0.4, -0.2) is 37.9 Å². The van der Waals surface area contributed by atoms with Crippen molar-refractivity contribution in [3.8, 4) is 22.1 Å². The average Bonchev–Trinajstić information content (AvgIpc) is 3.32. The Balaban J connectivity index is 1.84. The summed E-state index contributed by atoms with van der Waals surface area (Å²) < 4.78 is 6.61. The van der Waals surface area contributed by atoms with Crippen molar-refractivity contribution < 1.29 is 19.6 Å². The van der Waals surface area contributed by atoms with E-state index in [0.717, 1.165) is 5.56 Å². The van der Waals surface area contributed by atoms with Gasteiger partial charge in [0.2, 0.25) is 5.13 Å². The second-order valence-corrected chi connectivity index (χ2v) is 6.61. The summed E-state index contributed by atoms with van der Waals surface area (Å²) in [6.07, 6.45) is 0. The molecule has 0 saturated heterocycles. The maximum Gasteiger partial charge on any atom is 0.357 e. The van der Waals surface area contributed by atoms with Crippen LogP contribution in [0.25, 0.3) is 27.3 Å². The van der Waals surface area contributed by atoms with Gasteiger partial charge in [-0.25, -0.2) is 14.5 Å². The number of aromatic nitrogens is 3. The molecule has 28 heavy (non-hydrogen) atoms. The lowest BCUT2D eigenvalue weighted by atomic mass is 10.2. The van der Waals surface area contributed by atoms with Crippen molar-refractivity contribution in [2.45, 2.75) is 0 Å². The van der Waals surface area contributed by atoms with E-state index in [2.05, 4.69) is 10.1 Å². The second kappa shape index (κ2) is 6.74. The molecule has 2 heterocycles. The molecule has 0 bridgehead atoms. The zero-order valence-corrected chi connectivity index (χ0v) is 15.2. The van der Waals surface area contributed by atoms with Gasteiger partial charge in [0.05, 0.1) is 23.2 Å². The highest BCUT2D eigenvalue weighted by molar-refractivity contribution is 7.12. The van der Waals surface area contributed by atoms with Gasteiger partial charge in [-0.05, 0) is 18.2 Å². The number of carboxylic acids is 1. The Kier molecular flexibility index (Phi) is 4.24. The maximum absolute atomic E-state index is 11.6. The number of hydrogen-bond acceptors (Lipinski definition) is 7. The van der Waals surface area contributed by atoms with E-state index in [4.69, 9.17) is 4.74 Å². The van der Waals surface area contributed by atoms with Crippen LogP contribution in [0.4, 0.5) is 5.69 Å². The molecule has 2 aromatic heterocycles. The van der Waals surface area contributed by atoms with Gasteiger partial charge in [-0.2, -0.15) is 5.10 Å². The lowest BCUT2D eigenvalue weighted by Crippen LogP contribution is -2.01. The van der Waals surface area contributed by atoms with E-state index in [-0.39, 0.29) is 16.8 Å². The van der Waals surface area contributed by atoms with E-state index < -0.39 is 10.9 Å². The van der Waals surface area contributed by atoms with Crippen molar-refractivity contribution in [1.82, 2.24) is 14.8 Å². The van der Waals surface area contributed by atoms with Crippen LogP contribution in [0.15, 0.2) is 47.8 Å². The summed E-state index contributed by atoms with van der Waals surface area (Å²) in [6.45, 7) is 0. The van der Waals surface area contributed by atoms with Gasteiger partial charge in [-0.3, -0.25) is 10.1 Å². The number of hydrogen-bond donors (Lipinski definition) is 1. The number of carboxylic acid groups (broad SMARTS) is 1. The van der Waals surface area contributed by atoms with Gasteiger partial charge in [0.15, 0.2) is 5.69 Å². The van der Waals surface area contributed by atoms with E-state index in [1.54, 1.807) is 7.11 Å². The highest BCUT2D eigenvalue weighted by Gasteiger charge is 2.21. The summed E-state index contributed by atoms with van der Waals surface area (Å²) in [4.78, 5) is 26.6. The zero-order chi connectivity index (χ0) is 19.8. The third-order valence-corrected chi connectivity index (χ3v) is 4.93. The highest BCUT2D eigenvalue weighted by atomic mass is 32.1. The summed E-state index contributed by atoms with van der Waals surface area (Å²) in [5, 5.41) is 27.0. The number of ether oxygens (including phenoxy) is 1. The topological polar surface area (TPSA) is 120 Å². The summed E-state index contributed by atoms with van der Waals surface area (Å²) >= 11 is 1.28. The maximum atomic E-state index is 11.6. The molecule has 0 atom stereocenters. The number of thiazole rings is 1. The summed E-state index contributed by atoms with van der Waals surface area (Å²) in [5.74, 6) is -0.578. The molecule has 10 heteroatoms. The first-order valence-corrected chi connectivity index (χ1v) is 8.86. The van der Waals surface area contributed by atoms with Crippen molar-refractivity contribution >= 4 is 33.9 Å². The Labute approximate surface area is 161 Å². The van der Waals surface area contributed by atoms with Crippen molar-refractivity contribution in [2.24, 2.45) is 0 Å². The van der Waals surface area contributed by atoms with E-state index in [9.17, 15) is 20.0 Å². The zero-order valence-electron chi connectivity index (χ0n) is 14.4. The molecule has 0 radical (unpaired) electrons. The Bertz CT molecular complexity index is 1230. The minimum absolute atomic E-state index is 0.180. The molecule has 0 amide bonds. The molecule has 0 aliphatic rings. The van der Waals surface area contributed by atoms with Crippen molar-refractivity contribution in [2.75, 3.05) is 7.11 Å². The van der Waals surface area contributed by atoms with Crippen molar-refractivity contribution in [3.63, 3.8) is 0 Å². The van der Waals surface area contributed by atoms with E-state index in [0.29, 0.717) is 22.1 Å². The van der Waals surface area contributed by atoms with Gasteiger partial charge in [-0.15, -0.1) is 11.3 Å². The van der Waals surface area contributed by atoms with Crippen LogP contribution in [0, 0.1) is 10.1 Å². The largest absolute Gasteiger partial charge is 0.497 e. The highest BCUT2D eigenvalue weighted by Crippen LogP contribution is 2.30. The quantitative estimate of drug-likeness (QED) is 0.403. The van der Waals surface area contributed by atoms with Crippen molar-refractivity contribution in [1.29, 1.82) is 0 Å². The van der Waals surface area contributed by atoms with Crippen LogP contribution in [0.2, 0.25) is 0 Å². The Hall–Kier alpha value is -3.79. The number of methoxy groups -OCH3 is 1. The summed E-state index contributed by atoms with van der Waals surface area (Å²) in [7, 11) is 1.58. The molecule has 4 aromatic rings. The smallest absolute Gasteiger partial charge is 0.357 e. The first-order chi connectivity index (χ1) is 13.5. The van der Waals surface area contributed by atoms with E-state index >= 15 is 0 Å². The molecular formula is C18H12N4O5S. The number of aromatic carboxylic acids is 1. The first-order valence-electron chi connectivity index (χ1n) is 7.98.